The molecule has 34 heavy (non-hydrogen) atoms. The normalized spacial score (nSPS) is 10.9. The number of ether oxygens (including phenoxy) is 3. The van der Waals surface area contributed by atoms with Gasteiger partial charge in [-0.05, 0) is 54.4 Å². The van der Waals surface area contributed by atoms with Crippen molar-refractivity contribution in [3.8, 4) is 17.2 Å². The molecule has 0 aliphatic rings. The third-order valence-electron chi connectivity index (χ3n) is 5.14. The number of hydrogen-bond acceptors (Lipinski definition) is 6. The molecule has 4 rings (SSSR count). The van der Waals surface area contributed by atoms with E-state index in [0.717, 1.165) is 22.2 Å². The van der Waals surface area contributed by atoms with E-state index in [1.165, 1.54) is 12.1 Å². The van der Waals surface area contributed by atoms with Crippen LogP contribution < -0.4 is 9.47 Å². The summed E-state index contributed by atoms with van der Waals surface area (Å²) in [5.74, 6) is 0.0985. The summed E-state index contributed by atoms with van der Waals surface area (Å²) in [5, 5.41) is 19.9. The quantitative estimate of drug-likeness (QED) is 0.344. The number of phenolic OH excluding ortho intramolecular Hbond substituents is 1. The highest BCUT2D eigenvalue weighted by Crippen LogP contribution is 2.29. The number of hydrogen-bond donors (Lipinski definition) is 2. The number of carboxylic acid groups (broad SMARTS) is 1. The first-order chi connectivity index (χ1) is 16.5. The first-order valence-electron chi connectivity index (χ1n) is 10.8. The van der Waals surface area contributed by atoms with Gasteiger partial charge in [-0.2, -0.15) is 0 Å². The average molecular weight is 459 g/mol. The highest BCUT2D eigenvalue weighted by atomic mass is 16.5. The summed E-state index contributed by atoms with van der Waals surface area (Å²) in [6.07, 6.45) is 0. The molecule has 3 aromatic carbocycles. The second kappa shape index (κ2) is 10.7. The zero-order chi connectivity index (χ0) is 23.9. The second-order valence-electron chi connectivity index (χ2n) is 7.86. The van der Waals surface area contributed by atoms with Crippen LogP contribution >= 0.6 is 0 Å². The number of pyridine rings is 1. The highest BCUT2D eigenvalue weighted by molar-refractivity contribution is 5.78. The fourth-order valence-electron chi connectivity index (χ4n) is 3.62. The molecule has 0 fully saturated rings. The summed E-state index contributed by atoms with van der Waals surface area (Å²) in [5.41, 5.74) is 3.90. The maximum Gasteiger partial charge on any atom is 0.341 e. The highest BCUT2D eigenvalue weighted by Gasteiger charge is 2.12. The SMILES string of the molecule is Cc1cc(O)cc(COCc2cccc(OCc3ccc4ccccc4n3)c2)c1OCC(=O)O. The molecular weight excluding hydrogens is 434 g/mol. The molecule has 0 atom stereocenters. The predicted octanol–water partition coefficient (Wildman–Crippen LogP) is 5.01. The van der Waals surface area contributed by atoms with E-state index in [2.05, 4.69) is 4.98 Å². The van der Waals surface area contributed by atoms with E-state index in [9.17, 15) is 9.90 Å². The van der Waals surface area contributed by atoms with Crippen molar-refractivity contribution < 1.29 is 29.2 Å². The Morgan fingerprint density at radius 3 is 2.62 bits per heavy atom. The van der Waals surface area contributed by atoms with Crippen molar-refractivity contribution in [2.24, 2.45) is 0 Å². The fraction of sp³-hybridized carbons (Fsp3) is 0.185. The predicted molar refractivity (Wildman–Crippen MR) is 127 cm³/mol. The van der Waals surface area contributed by atoms with Crippen molar-refractivity contribution in [2.45, 2.75) is 26.7 Å². The molecule has 7 nitrogen and oxygen atoms in total. The molecule has 0 amide bonds. The number of aliphatic carboxylic acids is 1. The fourth-order valence-corrected chi connectivity index (χ4v) is 3.62. The van der Waals surface area contributed by atoms with Crippen molar-refractivity contribution in [1.29, 1.82) is 0 Å². The van der Waals surface area contributed by atoms with Gasteiger partial charge in [-0.25, -0.2) is 9.78 Å². The Labute approximate surface area is 197 Å². The zero-order valence-electron chi connectivity index (χ0n) is 18.7. The molecule has 1 heterocycles. The standard InChI is InChI=1S/C27H25NO6/c1-18-11-23(29)13-21(27(18)34-17-26(30)31)15-32-14-19-5-4-7-24(12-19)33-16-22-10-9-20-6-2-3-8-25(20)28-22/h2-13,29H,14-17H2,1H3,(H,30,31). The van der Waals surface area contributed by atoms with Crippen molar-refractivity contribution >= 4 is 16.9 Å². The van der Waals surface area contributed by atoms with Gasteiger partial charge in [0.05, 0.1) is 24.4 Å². The van der Waals surface area contributed by atoms with Crippen LogP contribution in [0.2, 0.25) is 0 Å². The summed E-state index contributed by atoms with van der Waals surface area (Å²) in [7, 11) is 0. The van der Waals surface area contributed by atoms with Crippen molar-refractivity contribution in [3.05, 3.63) is 95.2 Å². The summed E-state index contributed by atoms with van der Waals surface area (Å²) in [6, 6.07) is 22.6. The van der Waals surface area contributed by atoms with E-state index in [-0.39, 0.29) is 12.4 Å². The number of carbonyl (C=O) groups is 1. The molecule has 7 heteroatoms. The van der Waals surface area contributed by atoms with Gasteiger partial charge in [0.15, 0.2) is 6.61 Å². The molecule has 0 unspecified atom stereocenters. The lowest BCUT2D eigenvalue weighted by Gasteiger charge is -2.14. The van der Waals surface area contributed by atoms with Gasteiger partial charge < -0.3 is 24.4 Å². The molecule has 4 aromatic rings. The number of nitrogens with zero attached hydrogens (tertiary/aromatic N) is 1. The van der Waals surface area contributed by atoms with Gasteiger partial charge in [0.1, 0.15) is 23.9 Å². The molecule has 174 valence electrons. The summed E-state index contributed by atoms with van der Waals surface area (Å²) in [4.78, 5) is 15.5. The lowest BCUT2D eigenvalue weighted by atomic mass is 10.1. The van der Waals surface area contributed by atoms with Crippen LogP contribution in [0.3, 0.4) is 0 Å². The van der Waals surface area contributed by atoms with Gasteiger partial charge in [-0.1, -0.05) is 36.4 Å². The Morgan fingerprint density at radius 1 is 0.912 bits per heavy atom. The summed E-state index contributed by atoms with van der Waals surface area (Å²) in [6.45, 7) is 2.08. The Hall–Kier alpha value is -4.10. The molecule has 0 bridgehead atoms. The maximum absolute atomic E-state index is 10.9. The molecule has 0 aliphatic heterocycles. The smallest absolute Gasteiger partial charge is 0.341 e. The zero-order valence-corrected chi connectivity index (χ0v) is 18.7. The summed E-state index contributed by atoms with van der Waals surface area (Å²) < 4.78 is 17.1. The third kappa shape index (κ3) is 6.02. The minimum atomic E-state index is -1.07. The van der Waals surface area contributed by atoms with Crippen molar-refractivity contribution in [2.75, 3.05) is 6.61 Å². The number of fused-ring (bicyclic) bond motifs is 1. The first kappa shape index (κ1) is 23.1. The first-order valence-corrected chi connectivity index (χ1v) is 10.8. The number of rotatable bonds is 10. The van der Waals surface area contributed by atoms with E-state index in [1.807, 2.05) is 60.7 Å². The Bertz CT molecular complexity index is 1300. The van der Waals surface area contributed by atoms with Crippen LogP contribution in [0.1, 0.15) is 22.4 Å². The van der Waals surface area contributed by atoms with E-state index in [1.54, 1.807) is 6.92 Å². The lowest BCUT2D eigenvalue weighted by Crippen LogP contribution is -2.11. The molecule has 1 aromatic heterocycles. The molecule has 0 saturated heterocycles. The molecular formula is C27H25NO6. The van der Waals surface area contributed by atoms with Gasteiger partial charge in [0.2, 0.25) is 0 Å². The van der Waals surface area contributed by atoms with Gasteiger partial charge in [0.25, 0.3) is 0 Å². The van der Waals surface area contributed by atoms with Crippen LogP contribution in [0.25, 0.3) is 10.9 Å². The second-order valence-corrected chi connectivity index (χ2v) is 7.86. The van der Waals surface area contributed by atoms with Crippen molar-refractivity contribution in [3.63, 3.8) is 0 Å². The van der Waals surface area contributed by atoms with Gasteiger partial charge in [0, 0.05) is 10.9 Å². The number of aryl methyl sites for hydroxylation is 1. The number of carboxylic acids is 1. The molecule has 0 saturated carbocycles. The topological polar surface area (TPSA) is 98.1 Å². The van der Waals surface area contributed by atoms with Crippen LogP contribution in [-0.2, 0) is 29.4 Å². The maximum atomic E-state index is 10.9. The number of aromatic hydroxyl groups is 1. The monoisotopic (exact) mass is 459 g/mol. The van der Waals surface area contributed by atoms with Crippen LogP contribution in [0, 0.1) is 6.92 Å². The van der Waals surface area contributed by atoms with Crippen LogP contribution in [0.4, 0.5) is 0 Å². The van der Waals surface area contributed by atoms with E-state index < -0.39 is 12.6 Å². The van der Waals surface area contributed by atoms with Crippen molar-refractivity contribution in [1.82, 2.24) is 4.98 Å². The summed E-state index contributed by atoms with van der Waals surface area (Å²) >= 11 is 0. The third-order valence-corrected chi connectivity index (χ3v) is 5.14. The Morgan fingerprint density at radius 2 is 1.76 bits per heavy atom. The number of para-hydroxylation sites is 1. The largest absolute Gasteiger partial charge is 0.508 e. The number of aromatic nitrogens is 1. The Balaban J connectivity index is 1.36. The van der Waals surface area contributed by atoms with Gasteiger partial charge in [-0.15, -0.1) is 0 Å². The van der Waals surface area contributed by atoms with Gasteiger partial charge in [-0.3, -0.25) is 0 Å². The minimum Gasteiger partial charge on any atom is -0.508 e. The van der Waals surface area contributed by atoms with E-state index in [0.29, 0.717) is 35.8 Å². The lowest BCUT2D eigenvalue weighted by molar-refractivity contribution is -0.139. The molecule has 0 aliphatic carbocycles. The van der Waals surface area contributed by atoms with Gasteiger partial charge >= 0.3 is 5.97 Å². The van der Waals surface area contributed by atoms with Crippen LogP contribution in [0.15, 0.2) is 72.8 Å². The molecule has 0 spiro atoms. The van der Waals surface area contributed by atoms with Crippen LogP contribution in [0.5, 0.6) is 17.2 Å². The van der Waals surface area contributed by atoms with Crippen LogP contribution in [-0.4, -0.2) is 27.8 Å². The molecule has 0 radical (unpaired) electrons. The minimum absolute atomic E-state index is 0.0662. The number of phenols is 1. The Kier molecular flexibility index (Phi) is 7.25. The average Bonchev–Trinajstić information content (AvgIpc) is 2.82. The van der Waals surface area contributed by atoms with E-state index in [4.69, 9.17) is 19.3 Å². The van der Waals surface area contributed by atoms with E-state index >= 15 is 0 Å². The number of benzene rings is 3. The molecule has 2 N–H and O–H groups in total.